The van der Waals surface area contributed by atoms with Crippen molar-refractivity contribution in [2.45, 2.75) is 45.6 Å². The Bertz CT molecular complexity index is 925. The van der Waals surface area contributed by atoms with Crippen molar-refractivity contribution in [3.63, 3.8) is 0 Å². The summed E-state index contributed by atoms with van der Waals surface area (Å²) in [5.41, 5.74) is 3.30. The van der Waals surface area contributed by atoms with Crippen LogP contribution in [-0.4, -0.2) is 29.0 Å². The summed E-state index contributed by atoms with van der Waals surface area (Å²) in [7, 11) is 0. The molecule has 0 spiro atoms. The van der Waals surface area contributed by atoms with Crippen LogP contribution in [0.3, 0.4) is 0 Å². The number of amides is 1. The van der Waals surface area contributed by atoms with E-state index in [0.29, 0.717) is 0 Å². The minimum absolute atomic E-state index is 0.0854. The van der Waals surface area contributed by atoms with Gasteiger partial charge in [-0.05, 0) is 55.3 Å². The van der Waals surface area contributed by atoms with Gasteiger partial charge >= 0.3 is 0 Å². The Hall–Kier alpha value is -2.34. The van der Waals surface area contributed by atoms with E-state index in [4.69, 9.17) is 4.98 Å². The maximum atomic E-state index is 12.9. The van der Waals surface area contributed by atoms with Crippen molar-refractivity contribution in [2.24, 2.45) is 5.92 Å². The quantitative estimate of drug-likeness (QED) is 0.629. The lowest BCUT2D eigenvalue weighted by molar-refractivity contribution is -0.126. The number of aryl methyl sites for hydroxylation is 1. The lowest BCUT2D eigenvalue weighted by Gasteiger charge is -2.32. The Kier molecular flexibility index (Phi) is 5.67. The Labute approximate surface area is 170 Å². The largest absolute Gasteiger partial charge is 0.348 e. The number of carbonyl (C=O) groups is 1. The molecule has 5 nitrogen and oxygen atoms in total. The molecule has 1 atom stereocenters. The van der Waals surface area contributed by atoms with Gasteiger partial charge in [0.25, 0.3) is 0 Å². The van der Waals surface area contributed by atoms with Crippen molar-refractivity contribution in [2.75, 3.05) is 18.0 Å². The summed E-state index contributed by atoms with van der Waals surface area (Å²) >= 11 is 1.72. The number of benzene rings is 1. The molecule has 0 radical (unpaired) electrons. The molecule has 6 heteroatoms. The third-order valence-corrected chi connectivity index (χ3v) is 6.56. The summed E-state index contributed by atoms with van der Waals surface area (Å²) in [4.78, 5) is 24.5. The van der Waals surface area contributed by atoms with E-state index in [9.17, 15) is 4.79 Å². The zero-order valence-electron chi connectivity index (χ0n) is 16.6. The van der Waals surface area contributed by atoms with Gasteiger partial charge in [0.1, 0.15) is 0 Å². The number of H-pyrrole nitrogens is 1. The molecule has 1 aromatic carbocycles. The molecule has 4 rings (SSSR count). The van der Waals surface area contributed by atoms with Gasteiger partial charge in [0.2, 0.25) is 11.9 Å². The van der Waals surface area contributed by atoms with Crippen molar-refractivity contribution in [1.29, 1.82) is 0 Å². The van der Waals surface area contributed by atoms with E-state index in [1.807, 2.05) is 0 Å². The van der Waals surface area contributed by atoms with Gasteiger partial charge in [-0.1, -0.05) is 25.5 Å². The highest BCUT2D eigenvalue weighted by atomic mass is 32.1. The highest BCUT2D eigenvalue weighted by molar-refractivity contribution is 7.10. The number of imidazole rings is 1. The number of nitrogens with one attached hydrogen (secondary N) is 2. The molecule has 1 saturated heterocycles. The Morgan fingerprint density at radius 2 is 2.18 bits per heavy atom. The minimum Gasteiger partial charge on any atom is -0.348 e. The molecule has 0 bridgehead atoms. The van der Waals surface area contributed by atoms with Crippen molar-refractivity contribution in [3.8, 4) is 0 Å². The van der Waals surface area contributed by atoms with E-state index in [1.54, 1.807) is 11.3 Å². The predicted molar refractivity (Wildman–Crippen MR) is 116 cm³/mol. The summed E-state index contributed by atoms with van der Waals surface area (Å²) < 4.78 is 0. The van der Waals surface area contributed by atoms with Crippen LogP contribution in [0, 0.1) is 12.8 Å². The summed E-state index contributed by atoms with van der Waals surface area (Å²) in [6.07, 6.45) is 3.78. The first-order valence-corrected chi connectivity index (χ1v) is 11.1. The Morgan fingerprint density at radius 3 is 2.89 bits per heavy atom. The molecule has 1 fully saturated rings. The first-order chi connectivity index (χ1) is 13.6. The van der Waals surface area contributed by atoms with Gasteiger partial charge < -0.3 is 15.2 Å². The molecule has 0 aliphatic carbocycles. The normalized spacial score (nSPS) is 16.4. The third-order valence-electron chi connectivity index (χ3n) is 5.57. The second kappa shape index (κ2) is 8.35. The highest BCUT2D eigenvalue weighted by Crippen LogP contribution is 2.27. The highest BCUT2D eigenvalue weighted by Gasteiger charge is 2.28. The van der Waals surface area contributed by atoms with Crippen LogP contribution in [0.15, 0.2) is 35.7 Å². The molecule has 28 heavy (non-hydrogen) atoms. The van der Waals surface area contributed by atoms with Gasteiger partial charge in [0.05, 0.1) is 17.1 Å². The fraction of sp³-hybridized carbons (Fsp3) is 0.455. The number of aromatic nitrogens is 2. The molecular formula is C22H28N4OS. The van der Waals surface area contributed by atoms with Crippen molar-refractivity contribution in [3.05, 3.63) is 46.2 Å². The van der Waals surface area contributed by atoms with Crippen LogP contribution in [0.1, 0.15) is 49.1 Å². The molecule has 1 aliphatic rings. The Morgan fingerprint density at radius 1 is 1.36 bits per heavy atom. The zero-order chi connectivity index (χ0) is 19.5. The molecule has 0 saturated carbocycles. The lowest BCUT2D eigenvalue weighted by atomic mass is 9.95. The van der Waals surface area contributed by atoms with Gasteiger partial charge in [-0.25, -0.2) is 4.98 Å². The van der Waals surface area contributed by atoms with Crippen LogP contribution in [0.2, 0.25) is 0 Å². The molecule has 2 aromatic heterocycles. The number of hydrogen-bond donors (Lipinski definition) is 2. The first-order valence-electron chi connectivity index (χ1n) is 10.2. The number of piperidine rings is 1. The number of anilines is 1. The number of aromatic amines is 1. The summed E-state index contributed by atoms with van der Waals surface area (Å²) in [5.74, 6) is 1.20. The SMILES string of the molecule is CCC[C@H](NC(=O)C1CCN(c2nc3ccc(C)cc3[nH]2)CC1)c1cccs1. The molecule has 3 heterocycles. The van der Waals surface area contributed by atoms with Crippen molar-refractivity contribution >= 4 is 34.2 Å². The van der Waals surface area contributed by atoms with Crippen LogP contribution < -0.4 is 10.2 Å². The summed E-state index contributed by atoms with van der Waals surface area (Å²) in [6.45, 7) is 5.97. The summed E-state index contributed by atoms with van der Waals surface area (Å²) in [5, 5.41) is 5.38. The van der Waals surface area contributed by atoms with Crippen molar-refractivity contribution < 1.29 is 4.79 Å². The molecule has 2 N–H and O–H groups in total. The number of rotatable bonds is 6. The van der Waals surface area contributed by atoms with Crippen LogP contribution in [0.4, 0.5) is 5.95 Å². The second-order valence-electron chi connectivity index (χ2n) is 7.71. The predicted octanol–water partition coefficient (Wildman–Crippen LogP) is 4.81. The van der Waals surface area contributed by atoms with E-state index in [-0.39, 0.29) is 17.9 Å². The van der Waals surface area contributed by atoms with Crippen molar-refractivity contribution in [1.82, 2.24) is 15.3 Å². The number of fused-ring (bicyclic) bond motifs is 1. The second-order valence-corrected chi connectivity index (χ2v) is 8.69. The lowest BCUT2D eigenvalue weighted by Crippen LogP contribution is -2.41. The van der Waals surface area contributed by atoms with Crippen LogP contribution in [0.5, 0.6) is 0 Å². The maximum Gasteiger partial charge on any atom is 0.223 e. The van der Waals surface area contributed by atoms with Gasteiger partial charge in [-0.2, -0.15) is 0 Å². The first kappa shape index (κ1) is 19.0. The van der Waals surface area contributed by atoms with E-state index >= 15 is 0 Å². The molecule has 1 amide bonds. The van der Waals surface area contributed by atoms with E-state index < -0.39 is 0 Å². The average molecular weight is 397 g/mol. The van der Waals surface area contributed by atoms with Crippen LogP contribution in [-0.2, 0) is 4.79 Å². The van der Waals surface area contributed by atoms with E-state index in [1.165, 1.54) is 10.4 Å². The van der Waals surface area contributed by atoms with Crippen LogP contribution in [0.25, 0.3) is 11.0 Å². The number of carbonyl (C=O) groups excluding carboxylic acids is 1. The minimum atomic E-state index is 0.0854. The number of nitrogens with zero attached hydrogens (tertiary/aromatic N) is 2. The number of thiophene rings is 1. The van der Waals surface area contributed by atoms with Crippen LogP contribution >= 0.6 is 11.3 Å². The van der Waals surface area contributed by atoms with Gasteiger partial charge in [-0.15, -0.1) is 11.3 Å². The number of hydrogen-bond acceptors (Lipinski definition) is 4. The molecule has 0 unspecified atom stereocenters. The van der Waals surface area contributed by atoms with Gasteiger partial charge in [-0.3, -0.25) is 4.79 Å². The third kappa shape index (κ3) is 4.07. The monoisotopic (exact) mass is 396 g/mol. The van der Waals surface area contributed by atoms with E-state index in [0.717, 1.165) is 55.8 Å². The Balaban J connectivity index is 1.36. The smallest absolute Gasteiger partial charge is 0.223 e. The maximum absolute atomic E-state index is 12.9. The average Bonchev–Trinajstić information content (AvgIpc) is 3.37. The zero-order valence-corrected chi connectivity index (χ0v) is 17.4. The fourth-order valence-corrected chi connectivity index (χ4v) is 4.78. The summed E-state index contributed by atoms with van der Waals surface area (Å²) in [6, 6.07) is 10.6. The molecule has 3 aromatic rings. The van der Waals surface area contributed by atoms with Gasteiger partial charge in [0.15, 0.2) is 0 Å². The molecule has 1 aliphatic heterocycles. The fourth-order valence-electron chi connectivity index (χ4n) is 3.97. The topological polar surface area (TPSA) is 61.0 Å². The molecular weight excluding hydrogens is 368 g/mol. The van der Waals surface area contributed by atoms with E-state index in [2.05, 4.69) is 64.8 Å². The molecule has 148 valence electrons. The standard InChI is InChI=1S/C22H28N4OS/c1-3-5-18(20-6-4-13-28-20)23-21(27)16-9-11-26(12-10-16)22-24-17-8-7-15(2)14-19(17)25-22/h4,6-8,13-14,16,18H,3,5,9-12H2,1-2H3,(H,23,27)(H,24,25)/t18-/m0/s1. The van der Waals surface area contributed by atoms with Gasteiger partial charge in [0, 0.05) is 23.9 Å².